The van der Waals surface area contributed by atoms with Crippen LogP contribution in [0.1, 0.15) is 39.8 Å². The summed E-state index contributed by atoms with van der Waals surface area (Å²) in [5.74, 6) is 0.150. The van der Waals surface area contributed by atoms with E-state index in [-0.39, 0.29) is 17.7 Å². The summed E-state index contributed by atoms with van der Waals surface area (Å²) < 4.78 is 5.08. The first kappa shape index (κ1) is 14.6. The molecule has 2 N–H and O–H groups in total. The van der Waals surface area contributed by atoms with Crippen molar-refractivity contribution in [1.82, 2.24) is 15.1 Å². The van der Waals surface area contributed by atoms with Gasteiger partial charge in [0.05, 0.1) is 6.04 Å². The van der Waals surface area contributed by atoms with E-state index in [0.717, 1.165) is 23.2 Å². The van der Waals surface area contributed by atoms with Crippen molar-refractivity contribution in [2.75, 3.05) is 20.3 Å². The molecule has 1 unspecified atom stereocenters. The summed E-state index contributed by atoms with van der Waals surface area (Å²) in [5, 5.41) is 16.5. The number of phenolic OH excluding ortho intramolecular Hbond substituents is 1. The zero-order chi connectivity index (χ0) is 15.7. The molecule has 1 atom stereocenters. The van der Waals surface area contributed by atoms with Crippen molar-refractivity contribution in [3.63, 3.8) is 0 Å². The van der Waals surface area contributed by atoms with E-state index in [0.29, 0.717) is 18.8 Å². The highest BCUT2D eigenvalue weighted by atomic mass is 16.5. The highest BCUT2D eigenvalue weighted by Crippen LogP contribution is 2.39. The molecule has 1 aliphatic heterocycles. The van der Waals surface area contributed by atoms with Crippen molar-refractivity contribution in [3.8, 4) is 5.75 Å². The predicted octanol–water partition coefficient (Wildman–Crippen LogP) is 2.01. The van der Waals surface area contributed by atoms with Crippen LogP contribution in [0.4, 0.5) is 0 Å². The molecule has 116 valence electrons. The molecule has 1 aliphatic rings. The number of H-pyrrole nitrogens is 1. The van der Waals surface area contributed by atoms with Gasteiger partial charge in [-0.05, 0) is 31.0 Å². The Morgan fingerprint density at radius 1 is 1.36 bits per heavy atom. The smallest absolute Gasteiger partial charge is 0.275 e. The second kappa shape index (κ2) is 5.81. The van der Waals surface area contributed by atoms with Crippen LogP contribution < -0.4 is 0 Å². The molecule has 3 rings (SSSR count). The number of ether oxygens (including phenoxy) is 1. The standard InChI is InChI=1S/C16H19N3O3/c1-10-13-14(18-17-10)16(21)19(8-3-9-22-2)15(13)11-4-6-12(20)7-5-11/h4-7,15,20H,3,8-9H2,1-2H3,(H,17,18). The monoisotopic (exact) mass is 301 g/mol. The van der Waals surface area contributed by atoms with Crippen LogP contribution in [0.3, 0.4) is 0 Å². The molecule has 1 amide bonds. The maximum absolute atomic E-state index is 12.6. The summed E-state index contributed by atoms with van der Waals surface area (Å²) in [7, 11) is 1.65. The third kappa shape index (κ3) is 2.35. The number of rotatable bonds is 5. The van der Waals surface area contributed by atoms with Crippen LogP contribution in [-0.2, 0) is 4.74 Å². The second-order valence-electron chi connectivity index (χ2n) is 5.45. The molecule has 0 radical (unpaired) electrons. The van der Waals surface area contributed by atoms with Crippen LogP contribution >= 0.6 is 0 Å². The number of hydrogen-bond acceptors (Lipinski definition) is 4. The van der Waals surface area contributed by atoms with Crippen LogP contribution in [0.25, 0.3) is 0 Å². The average Bonchev–Trinajstić information content (AvgIpc) is 3.01. The van der Waals surface area contributed by atoms with Gasteiger partial charge in [-0.1, -0.05) is 12.1 Å². The van der Waals surface area contributed by atoms with Crippen molar-refractivity contribution < 1.29 is 14.6 Å². The fourth-order valence-corrected chi connectivity index (χ4v) is 2.96. The van der Waals surface area contributed by atoms with Crippen molar-refractivity contribution >= 4 is 5.91 Å². The number of aromatic amines is 1. The maximum atomic E-state index is 12.6. The lowest BCUT2D eigenvalue weighted by Gasteiger charge is -2.26. The second-order valence-corrected chi connectivity index (χ2v) is 5.45. The molecule has 0 fully saturated rings. The summed E-state index contributed by atoms with van der Waals surface area (Å²) in [6.45, 7) is 3.13. The lowest BCUT2D eigenvalue weighted by molar-refractivity contribution is 0.0723. The minimum Gasteiger partial charge on any atom is -0.508 e. The van der Waals surface area contributed by atoms with Gasteiger partial charge >= 0.3 is 0 Å². The van der Waals surface area contributed by atoms with Gasteiger partial charge in [-0.2, -0.15) is 5.10 Å². The number of carbonyl (C=O) groups is 1. The summed E-state index contributed by atoms with van der Waals surface area (Å²) >= 11 is 0. The Labute approximate surface area is 128 Å². The number of benzene rings is 1. The first-order valence-corrected chi connectivity index (χ1v) is 7.27. The van der Waals surface area contributed by atoms with E-state index in [2.05, 4.69) is 10.2 Å². The average molecular weight is 301 g/mol. The lowest BCUT2D eigenvalue weighted by Crippen LogP contribution is -2.31. The number of aryl methyl sites for hydroxylation is 1. The van der Waals surface area contributed by atoms with Gasteiger partial charge < -0.3 is 14.7 Å². The molecule has 2 heterocycles. The number of nitrogens with zero attached hydrogens (tertiary/aromatic N) is 2. The zero-order valence-electron chi connectivity index (χ0n) is 12.7. The largest absolute Gasteiger partial charge is 0.508 e. The fraction of sp³-hybridized carbons (Fsp3) is 0.375. The van der Waals surface area contributed by atoms with Gasteiger partial charge in [0.25, 0.3) is 5.91 Å². The molecular formula is C16H19N3O3. The lowest BCUT2D eigenvalue weighted by atomic mass is 9.99. The van der Waals surface area contributed by atoms with Gasteiger partial charge in [-0.3, -0.25) is 9.89 Å². The molecule has 0 spiro atoms. The molecule has 0 aliphatic carbocycles. The Kier molecular flexibility index (Phi) is 3.85. The molecule has 0 saturated carbocycles. The number of methoxy groups -OCH3 is 1. The Hall–Kier alpha value is -2.34. The van der Waals surface area contributed by atoms with Crippen molar-refractivity contribution in [2.24, 2.45) is 0 Å². The van der Waals surface area contributed by atoms with Gasteiger partial charge in [0.1, 0.15) is 5.75 Å². The Balaban J connectivity index is 1.98. The van der Waals surface area contributed by atoms with Gasteiger partial charge in [0.2, 0.25) is 0 Å². The Morgan fingerprint density at radius 3 is 2.77 bits per heavy atom. The predicted molar refractivity (Wildman–Crippen MR) is 80.8 cm³/mol. The first-order chi connectivity index (χ1) is 10.6. The third-order valence-electron chi connectivity index (χ3n) is 4.00. The SMILES string of the molecule is COCCCN1C(=O)c2n[nH]c(C)c2C1c1ccc(O)cc1. The molecule has 6 heteroatoms. The van der Waals surface area contributed by atoms with Gasteiger partial charge in [0.15, 0.2) is 5.69 Å². The fourth-order valence-electron chi connectivity index (χ4n) is 2.96. The number of fused-ring (bicyclic) bond motifs is 1. The maximum Gasteiger partial charge on any atom is 0.275 e. The van der Waals surface area contributed by atoms with E-state index in [1.54, 1.807) is 19.2 Å². The van der Waals surface area contributed by atoms with Crippen molar-refractivity contribution in [1.29, 1.82) is 0 Å². The normalized spacial score (nSPS) is 17.1. The number of aromatic nitrogens is 2. The van der Waals surface area contributed by atoms with E-state index in [1.807, 2.05) is 24.0 Å². The van der Waals surface area contributed by atoms with E-state index in [9.17, 15) is 9.90 Å². The Bertz CT molecular complexity index is 678. The van der Waals surface area contributed by atoms with Gasteiger partial charge in [-0.25, -0.2) is 0 Å². The van der Waals surface area contributed by atoms with Crippen LogP contribution in [-0.4, -0.2) is 46.4 Å². The molecule has 1 aromatic carbocycles. The number of aromatic hydroxyl groups is 1. The van der Waals surface area contributed by atoms with Crippen LogP contribution in [0.5, 0.6) is 5.75 Å². The zero-order valence-corrected chi connectivity index (χ0v) is 12.7. The van der Waals surface area contributed by atoms with E-state index in [4.69, 9.17) is 4.74 Å². The molecule has 1 aromatic heterocycles. The van der Waals surface area contributed by atoms with E-state index >= 15 is 0 Å². The number of carbonyl (C=O) groups excluding carboxylic acids is 1. The van der Waals surface area contributed by atoms with Crippen LogP contribution in [0.2, 0.25) is 0 Å². The molecule has 2 aromatic rings. The van der Waals surface area contributed by atoms with Crippen LogP contribution in [0, 0.1) is 6.92 Å². The molecular weight excluding hydrogens is 282 g/mol. The number of amides is 1. The van der Waals surface area contributed by atoms with Gasteiger partial charge in [-0.15, -0.1) is 0 Å². The van der Waals surface area contributed by atoms with Crippen molar-refractivity contribution in [2.45, 2.75) is 19.4 Å². The minimum absolute atomic E-state index is 0.0615. The molecule has 0 bridgehead atoms. The molecule has 0 saturated heterocycles. The number of phenols is 1. The van der Waals surface area contributed by atoms with Crippen LogP contribution in [0.15, 0.2) is 24.3 Å². The summed E-state index contributed by atoms with van der Waals surface area (Å²) in [4.78, 5) is 14.4. The van der Waals surface area contributed by atoms with Gasteiger partial charge in [0, 0.05) is 31.5 Å². The van der Waals surface area contributed by atoms with E-state index < -0.39 is 0 Å². The first-order valence-electron chi connectivity index (χ1n) is 7.27. The quantitative estimate of drug-likeness (QED) is 0.828. The summed E-state index contributed by atoms with van der Waals surface area (Å²) in [5.41, 5.74) is 3.28. The van der Waals surface area contributed by atoms with E-state index in [1.165, 1.54) is 0 Å². The highest BCUT2D eigenvalue weighted by Gasteiger charge is 2.40. The summed E-state index contributed by atoms with van der Waals surface area (Å²) in [6.07, 6.45) is 0.768. The highest BCUT2D eigenvalue weighted by molar-refractivity contribution is 5.98. The third-order valence-corrected chi connectivity index (χ3v) is 4.00. The summed E-state index contributed by atoms with van der Waals surface area (Å²) in [6, 6.07) is 6.80. The number of hydrogen-bond donors (Lipinski definition) is 2. The molecule has 22 heavy (non-hydrogen) atoms. The molecule has 6 nitrogen and oxygen atoms in total. The Morgan fingerprint density at radius 2 is 2.09 bits per heavy atom. The number of nitrogens with one attached hydrogen (secondary N) is 1. The topological polar surface area (TPSA) is 78.5 Å². The van der Waals surface area contributed by atoms with Crippen molar-refractivity contribution in [3.05, 3.63) is 46.8 Å². The minimum atomic E-state index is -0.168.